The van der Waals surface area contributed by atoms with E-state index in [1.807, 2.05) is 41.4 Å². The highest BCUT2D eigenvalue weighted by molar-refractivity contribution is 7.99. The molecule has 0 radical (unpaired) electrons. The fourth-order valence-electron chi connectivity index (χ4n) is 4.74. The van der Waals surface area contributed by atoms with Crippen molar-refractivity contribution in [3.8, 4) is 26.9 Å². The number of nitrogens with one attached hydrogen (secondary N) is 1. The third kappa shape index (κ3) is 5.31. The Bertz CT molecular complexity index is 1560. The standard InChI is InChI=1S/C28H27N5O3S3/c1-17-23-26(32(2)20-16-22(34)29-27(20)35)30-25(21-4-3-13-38-21)31-28(23)39-24(17)18-5-7-19(8-6-18)36-12-9-33-10-14-37-15-11-33/h3-8,13,16H,9-12,14-15H2,1-2H3,(H,29,34,35). The molecule has 1 N–H and O–H groups in total. The predicted octanol–water partition coefficient (Wildman–Crippen LogP) is 4.80. The molecule has 6 rings (SSSR count). The molecule has 1 aromatic carbocycles. The van der Waals surface area contributed by atoms with E-state index < -0.39 is 11.8 Å². The number of benzene rings is 1. The minimum absolute atomic E-state index is 0.258. The molecule has 0 aliphatic carbocycles. The van der Waals surface area contributed by atoms with Gasteiger partial charge in [-0.2, -0.15) is 11.8 Å². The van der Waals surface area contributed by atoms with Gasteiger partial charge in [-0.3, -0.25) is 19.8 Å². The van der Waals surface area contributed by atoms with Crippen LogP contribution < -0.4 is 15.0 Å². The van der Waals surface area contributed by atoms with Gasteiger partial charge in [-0.15, -0.1) is 22.7 Å². The van der Waals surface area contributed by atoms with Gasteiger partial charge in [0.25, 0.3) is 11.8 Å². The number of carbonyl (C=O) groups is 2. The summed E-state index contributed by atoms with van der Waals surface area (Å²) in [4.78, 5) is 41.1. The van der Waals surface area contributed by atoms with Crippen molar-refractivity contribution < 1.29 is 14.3 Å². The van der Waals surface area contributed by atoms with Crippen LogP contribution in [0.15, 0.2) is 53.6 Å². The first kappa shape index (κ1) is 26.0. The molecule has 4 aromatic rings. The van der Waals surface area contributed by atoms with Crippen molar-refractivity contribution in [1.29, 1.82) is 0 Å². The Morgan fingerprint density at radius 1 is 1.10 bits per heavy atom. The number of anilines is 1. The lowest BCUT2D eigenvalue weighted by Crippen LogP contribution is -2.35. The number of amides is 2. The number of hydrogen-bond donors (Lipinski definition) is 1. The smallest absolute Gasteiger partial charge is 0.274 e. The van der Waals surface area contributed by atoms with Crippen molar-refractivity contribution >= 4 is 62.3 Å². The Kier molecular flexibility index (Phi) is 7.39. The van der Waals surface area contributed by atoms with Crippen molar-refractivity contribution in [1.82, 2.24) is 20.2 Å². The molecule has 2 aliphatic heterocycles. The summed E-state index contributed by atoms with van der Waals surface area (Å²) in [6.07, 6.45) is 1.31. The van der Waals surface area contributed by atoms with E-state index >= 15 is 0 Å². The average molecular weight is 578 g/mol. The van der Waals surface area contributed by atoms with E-state index in [9.17, 15) is 9.59 Å². The van der Waals surface area contributed by atoms with Crippen molar-refractivity contribution in [2.45, 2.75) is 6.92 Å². The number of ether oxygens (including phenoxy) is 1. The van der Waals surface area contributed by atoms with Gasteiger partial charge in [-0.25, -0.2) is 9.97 Å². The van der Waals surface area contributed by atoms with Crippen molar-refractivity contribution in [3.05, 3.63) is 59.1 Å². The normalized spacial score (nSPS) is 16.0. The van der Waals surface area contributed by atoms with Gasteiger partial charge in [-0.05, 0) is 53.8 Å². The number of fused-ring (bicyclic) bond motifs is 1. The Morgan fingerprint density at radius 3 is 2.59 bits per heavy atom. The van der Waals surface area contributed by atoms with Crippen LogP contribution in [0.4, 0.5) is 5.82 Å². The van der Waals surface area contributed by atoms with Crippen LogP contribution in [0.1, 0.15) is 5.56 Å². The van der Waals surface area contributed by atoms with Gasteiger partial charge in [-0.1, -0.05) is 6.07 Å². The van der Waals surface area contributed by atoms with Gasteiger partial charge in [0.1, 0.15) is 28.7 Å². The van der Waals surface area contributed by atoms with Crippen LogP contribution in [-0.2, 0) is 9.59 Å². The molecule has 1 saturated heterocycles. The van der Waals surface area contributed by atoms with Gasteiger partial charge in [0.15, 0.2) is 5.82 Å². The number of imide groups is 1. The molecule has 0 bridgehead atoms. The Morgan fingerprint density at radius 2 is 1.90 bits per heavy atom. The summed E-state index contributed by atoms with van der Waals surface area (Å²) in [6.45, 7) is 5.93. The Hall–Kier alpha value is -3.25. The molecule has 1 fully saturated rings. The number of likely N-dealkylation sites (N-methyl/N-ethyl adjacent to an activating group) is 1. The number of aryl methyl sites for hydroxylation is 1. The summed E-state index contributed by atoms with van der Waals surface area (Å²) in [6, 6.07) is 12.1. The lowest BCUT2D eigenvalue weighted by atomic mass is 10.1. The summed E-state index contributed by atoms with van der Waals surface area (Å²) in [5, 5.41) is 5.18. The van der Waals surface area contributed by atoms with Gasteiger partial charge in [0, 0.05) is 49.1 Å². The second kappa shape index (κ2) is 11.1. The highest BCUT2D eigenvalue weighted by Gasteiger charge is 2.28. The number of hydrogen-bond acceptors (Lipinski definition) is 10. The molecule has 3 aromatic heterocycles. The lowest BCUT2D eigenvalue weighted by Gasteiger charge is -2.25. The van der Waals surface area contributed by atoms with Crippen LogP contribution in [0.2, 0.25) is 0 Å². The topological polar surface area (TPSA) is 87.7 Å². The SMILES string of the molecule is Cc1c(-c2ccc(OCCN3CCSCC3)cc2)sc2nc(-c3cccs3)nc(N(C)C3=CC(=O)NC3=O)c12. The maximum atomic E-state index is 12.5. The predicted molar refractivity (Wildman–Crippen MR) is 160 cm³/mol. The van der Waals surface area contributed by atoms with Crippen LogP contribution in [0.3, 0.4) is 0 Å². The molecule has 2 aliphatic rings. The van der Waals surface area contributed by atoms with E-state index in [2.05, 4.69) is 29.3 Å². The summed E-state index contributed by atoms with van der Waals surface area (Å²) in [5.74, 6) is 3.57. The van der Waals surface area contributed by atoms with E-state index in [0.717, 1.165) is 56.5 Å². The molecule has 0 atom stereocenters. The fourth-order valence-corrected chi connectivity index (χ4v) is 7.55. The molecule has 2 amide bonds. The molecular formula is C28H27N5O3S3. The first-order chi connectivity index (χ1) is 19.0. The maximum absolute atomic E-state index is 12.5. The minimum Gasteiger partial charge on any atom is -0.492 e. The number of carbonyl (C=O) groups excluding carboxylic acids is 2. The Labute approximate surface area is 238 Å². The van der Waals surface area contributed by atoms with Gasteiger partial charge < -0.3 is 9.64 Å². The number of thiophene rings is 2. The highest BCUT2D eigenvalue weighted by Crippen LogP contribution is 2.43. The first-order valence-corrected chi connectivity index (χ1v) is 15.5. The Balaban J connectivity index is 1.32. The summed E-state index contributed by atoms with van der Waals surface area (Å²) < 4.78 is 6.03. The molecule has 8 nitrogen and oxygen atoms in total. The fraction of sp³-hybridized carbons (Fsp3) is 0.286. The quantitative estimate of drug-likeness (QED) is 0.299. The van der Waals surface area contributed by atoms with E-state index in [4.69, 9.17) is 14.7 Å². The largest absolute Gasteiger partial charge is 0.492 e. The summed E-state index contributed by atoms with van der Waals surface area (Å²) in [5.41, 5.74) is 2.35. The second-order valence-corrected chi connectivity index (χ2v) is 12.5. The average Bonchev–Trinajstić information content (AvgIpc) is 3.68. The van der Waals surface area contributed by atoms with Crippen LogP contribution in [0, 0.1) is 6.92 Å². The van der Waals surface area contributed by atoms with Crippen molar-refractivity contribution in [2.75, 3.05) is 49.7 Å². The zero-order valence-corrected chi connectivity index (χ0v) is 24.0. The molecule has 200 valence electrons. The van der Waals surface area contributed by atoms with Gasteiger partial charge >= 0.3 is 0 Å². The minimum atomic E-state index is -0.435. The summed E-state index contributed by atoms with van der Waals surface area (Å²) in [7, 11) is 1.76. The third-order valence-electron chi connectivity index (χ3n) is 6.83. The molecule has 5 heterocycles. The van der Waals surface area contributed by atoms with Crippen LogP contribution in [-0.4, -0.2) is 71.5 Å². The van der Waals surface area contributed by atoms with E-state index in [1.165, 1.54) is 17.6 Å². The van der Waals surface area contributed by atoms with E-state index in [0.29, 0.717) is 18.2 Å². The van der Waals surface area contributed by atoms with E-state index in [-0.39, 0.29) is 5.70 Å². The monoisotopic (exact) mass is 577 g/mol. The van der Waals surface area contributed by atoms with Crippen molar-refractivity contribution in [3.63, 3.8) is 0 Å². The number of aromatic nitrogens is 2. The second-order valence-electron chi connectivity index (χ2n) is 9.32. The zero-order chi connectivity index (χ0) is 26.9. The first-order valence-electron chi connectivity index (χ1n) is 12.7. The highest BCUT2D eigenvalue weighted by atomic mass is 32.2. The zero-order valence-electron chi connectivity index (χ0n) is 21.6. The molecule has 0 unspecified atom stereocenters. The number of nitrogens with zero attached hydrogens (tertiary/aromatic N) is 4. The third-order valence-corrected chi connectivity index (χ3v) is 9.87. The van der Waals surface area contributed by atoms with Gasteiger partial charge in [0.2, 0.25) is 0 Å². The van der Waals surface area contributed by atoms with Crippen molar-refractivity contribution in [2.24, 2.45) is 0 Å². The maximum Gasteiger partial charge on any atom is 0.274 e. The van der Waals surface area contributed by atoms with Crippen LogP contribution in [0.5, 0.6) is 5.75 Å². The molecule has 39 heavy (non-hydrogen) atoms. The summed E-state index contributed by atoms with van der Waals surface area (Å²) >= 11 is 5.17. The lowest BCUT2D eigenvalue weighted by molar-refractivity contribution is -0.123. The van der Waals surface area contributed by atoms with Crippen LogP contribution >= 0.6 is 34.4 Å². The molecular weight excluding hydrogens is 551 g/mol. The molecule has 11 heteroatoms. The molecule has 0 saturated carbocycles. The van der Waals surface area contributed by atoms with E-state index in [1.54, 1.807) is 34.6 Å². The number of thioether (sulfide) groups is 1. The van der Waals surface area contributed by atoms with Gasteiger partial charge in [0.05, 0.1) is 10.3 Å². The molecule has 0 spiro atoms. The number of rotatable bonds is 8. The van der Waals surface area contributed by atoms with Crippen LogP contribution in [0.25, 0.3) is 31.4 Å².